The first-order chi connectivity index (χ1) is 20.7. The maximum Gasteiger partial charge on any atom is 0.422 e. The van der Waals surface area contributed by atoms with Gasteiger partial charge < -0.3 is 20.7 Å². The Morgan fingerprint density at radius 3 is 2.25 bits per heavy atom. The van der Waals surface area contributed by atoms with E-state index in [0.717, 1.165) is 24.7 Å². The highest BCUT2D eigenvalue weighted by molar-refractivity contribution is 7.89. The molecule has 0 saturated heterocycles. The van der Waals surface area contributed by atoms with Crippen LogP contribution in [0.1, 0.15) is 48.0 Å². The van der Waals surface area contributed by atoms with Crippen LogP contribution in [0.2, 0.25) is 5.02 Å². The summed E-state index contributed by atoms with van der Waals surface area (Å²) >= 11 is 6.00. The molecule has 4 N–H and O–H groups in total. The number of aromatic nitrogens is 3. The van der Waals surface area contributed by atoms with Crippen LogP contribution in [0.25, 0.3) is 0 Å². The van der Waals surface area contributed by atoms with Gasteiger partial charge in [-0.25, -0.2) is 8.42 Å². The first-order valence-electron chi connectivity index (χ1n) is 13.4. The van der Waals surface area contributed by atoms with E-state index in [9.17, 15) is 31.2 Å². The molecule has 1 aliphatic rings. The lowest BCUT2D eigenvalue weighted by Gasteiger charge is -2.19. The van der Waals surface area contributed by atoms with E-state index in [0.29, 0.717) is 29.1 Å². The van der Waals surface area contributed by atoms with Crippen molar-refractivity contribution in [2.45, 2.75) is 43.8 Å². The fraction of sp³-hybridized carbons (Fsp3) is 0.370. The lowest BCUT2D eigenvalue weighted by molar-refractivity contribution is -0.154. The number of nitrogens with zero attached hydrogens (tertiary/aromatic N) is 3. The van der Waals surface area contributed by atoms with Gasteiger partial charge in [0.05, 0.1) is 11.8 Å². The van der Waals surface area contributed by atoms with Crippen LogP contribution in [-0.2, 0) is 20.4 Å². The normalized spacial score (nSPS) is 13.9. The number of alkyl halides is 3. The molecule has 12 nitrogen and oxygen atoms in total. The number of anilines is 3. The minimum atomic E-state index is -4.60. The van der Waals surface area contributed by atoms with Crippen molar-refractivity contribution in [1.29, 1.82) is 0 Å². The van der Waals surface area contributed by atoms with Gasteiger partial charge in [0.15, 0.2) is 6.61 Å². The fourth-order valence-electron chi connectivity index (χ4n) is 4.08. The average Bonchev–Trinajstić information content (AvgIpc) is 3.71. The summed E-state index contributed by atoms with van der Waals surface area (Å²) in [7, 11) is -3.61. The first kappa shape index (κ1) is 32.7. The Bertz CT molecular complexity index is 1590. The number of sulfonamides is 1. The van der Waals surface area contributed by atoms with Gasteiger partial charge in [-0.1, -0.05) is 23.7 Å². The topological polar surface area (TPSA) is 164 Å². The third-order valence-electron chi connectivity index (χ3n) is 6.30. The highest BCUT2D eigenvalue weighted by atomic mass is 35.5. The monoisotopic (exact) mass is 655 g/mol. The third kappa shape index (κ3) is 10.2. The maximum atomic E-state index is 12.8. The van der Waals surface area contributed by atoms with Crippen LogP contribution in [-0.4, -0.2) is 60.8 Å². The Kier molecular flexibility index (Phi) is 10.1. The average molecular weight is 656 g/mol. The van der Waals surface area contributed by atoms with Gasteiger partial charge in [0.25, 0.3) is 5.91 Å². The molecule has 1 fully saturated rings. The number of hydrogen-bond donors (Lipinski definition) is 4. The molecule has 0 bridgehead atoms. The van der Waals surface area contributed by atoms with Crippen LogP contribution >= 0.6 is 11.6 Å². The molecule has 0 atom stereocenters. The molecule has 2 amide bonds. The van der Waals surface area contributed by atoms with Crippen molar-refractivity contribution >= 4 is 51.0 Å². The van der Waals surface area contributed by atoms with Gasteiger partial charge >= 0.3 is 12.2 Å². The van der Waals surface area contributed by atoms with Crippen molar-refractivity contribution in [3.8, 4) is 6.01 Å². The van der Waals surface area contributed by atoms with Crippen molar-refractivity contribution in [2.75, 3.05) is 30.0 Å². The van der Waals surface area contributed by atoms with E-state index in [1.54, 1.807) is 24.3 Å². The molecular weight excluding hydrogens is 627 g/mol. The summed E-state index contributed by atoms with van der Waals surface area (Å²) in [5, 5.41) is 9.36. The van der Waals surface area contributed by atoms with E-state index >= 15 is 0 Å². The molecule has 236 valence electrons. The van der Waals surface area contributed by atoms with Crippen molar-refractivity contribution in [3.63, 3.8) is 0 Å². The summed E-state index contributed by atoms with van der Waals surface area (Å²) in [6.07, 6.45) is -1.39. The lowest BCUT2D eigenvalue weighted by Crippen LogP contribution is -2.29. The Labute approximate surface area is 256 Å². The molecule has 1 saturated carbocycles. The summed E-state index contributed by atoms with van der Waals surface area (Å²) < 4.78 is 67.2. The molecule has 0 radical (unpaired) electrons. The maximum absolute atomic E-state index is 12.8. The molecule has 0 aliphatic heterocycles. The van der Waals surface area contributed by atoms with Crippen molar-refractivity contribution in [1.82, 2.24) is 25.0 Å². The van der Waals surface area contributed by atoms with E-state index in [1.807, 2.05) is 16.9 Å². The molecule has 3 aromatic rings. The zero-order valence-electron chi connectivity index (χ0n) is 23.4. The summed E-state index contributed by atoms with van der Waals surface area (Å²) in [5.41, 5.74) is 1.18. The van der Waals surface area contributed by atoms with E-state index in [1.165, 1.54) is 12.1 Å². The zero-order chi connectivity index (χ0) is 32.0. The molecule has 4 rings (SSSR count). The second-order valence-electron chi connectivity index (χ2n) is 10.1. The van der Waals surface area contributed by atoms with Gasteiger partial charge in [0.2, 0.25) is 27.8 Å². The SMILES string of the molecule is CS(=O)(=O)NC(=O)CCCCNC(=O)c1ccc(Nc2nc(NC3(c4ccc(Cl)cc4)CC3)nc(OCC(F)(F)F)n2)cc1. The van der Waals surface area contributed by atoms with Crippen LogP contribution in [0.15, 0.2) is 48.5 Å². The Hall–Kier alpha value is -4.18. The number of nitrogens with one attached hydrogen (secondary N) is 4. The minimum Gasteiger partial charge on any atom is -0.454 e. The predicted molar refractivity (Wildman–Crippen MR) is 156 cm³/mol. The van der Waals surface area contributed by atoms with Gasteiger partial charge in [0.1, 0.15) is 0 Å². The lowest BCUT2D eigenvalue weighted by atomic mass is 10.1. The number of benzene rings is 2. The Morgan fingerprint density at radius 2 is 1.64 bits per heavy atom. The van der Waals surface area contributed by atoms with Crippen LogP contribution in [0, 0.1) is 0 Å². The van der Waals surface area contributed by atoms with E-state index in [-0.39, 0.29) is 30.8 Å². The largest absolute Gasteiger partial charge is 0.454 e. The van der Waals surface area contributed by atoms with Crippen LogP contribution in [0.5, 0.6) is 6.01 Å². The zero-order valence-corrected chi connectivity index (χ0v) is 24.9. The quantitative estimate of drug-likeness (QED) is 0.184. The number of unbranched alkanes of at least 4 members (excludes halogenated alkanes) is 1. The van der Waals surface area contributed by atoms with Gasteiger partial charge in [-0.2, -0.15) is 28.1 Å². The van der Waals surface area contributed by atoms with Crippen molar-refractivity contribution in [2.24, 2.45) is 0 Å². The van der Waals surface area contributed by atoms with Crippen molar-refractivity contribution in [3.05, 3.63) is 64.7 Å². The van der Waals surface area contributed by atoms with E-state index in [2.05, 4.69) is 30.9 Å². The number of carbonyl (C=O) groups excluding carboxylic acids is 2. The highest BCUT2D eigenvalue weighted by Gasteiger charge is 2.45. The van der Waals surface area contributed by atoms with Crippen LogP contribution < -0.4 is 25.4 Å². The summed E-state index contributed by atoms with van der Waals surface area (Å²) in [6, 6.07) is 12.8. The molecule has 1 aromatic heterocycles. The minimum absolute atomic E-state index is 0.00267. The Balaban J connectivity index is 1.38. The fourth-order valence-corrected chi connectivity index (χ4v) is 4.72. The third-order valence-corrected chi connectivity index (χ3v) is 7.15. The molecular formula is C27H29ClF3N7O5S. The molecule has 44 heavy (non-hydrogen) atoms. The van der Waals surface area contributed by atoms with Gasteiger partial charge in [0, 0.05) is 29.2 Å². The van der Waals surface area contributed by atoms with Crippen molar-refractivity contribution < 1.29 is 35.9 Å². The molecule has 1 heterocycles. The van der Waals surface area contributed by atoms with E-state index < -0.39 is 40.3 Å². The Morgan fingerprint density at radius 1 is 0.977 bits per heavy atom. The van der Waals surface area contributed by atoms with Crippen LogP contribution in [0.4, 0.5) is 30.8 Å². The second-order valence-corrected chi connectivity index (χ2v) is 12.3. The molecule has 0 unspecified atom stereocenters. The van der Waals surface area contributed by atoms with Gasteiger partial charge in [-0.15, -0.1) is 0 Å². The number of rotatable bonds is 14. The molecule has 2 aromatic carbocycles. The van der Waals surface area contributed by atoms with Gasteiger partial charge in [-0.3, -0.25) is 14.3 Å². The standard InChI is InChI=1S/C27H29ClF3N7O5S/c1-44(41,42)38-21(39)4-2-3-15-32-22(40)17-5-11-20(12-6-17)33-23-34-24(36-25(35-23)43-16-27(29,30)31)37-26(13-14-26)18-7-9-19(28)10-8-18/h5-12H,2-4,13-16H2,1H3,(H,32,40)(H,38,39)(H2,33,34,35,36,37). The number of hydrogen-bond acceptors (Lipinski definition) is 10. The number of ether oxygens (including phenoxy) is 1. The number of carbonyl (C=O) groups is 2. The second kappa shape index (κ2) is 13.6. The smallest absolute Gasteiger partial charge is 0.422 e. The summed E-state index contributed by atoms with van der Waals surface area (Å²) in [4.78, 5) is 36.3. The predicted octanol–water partition coefficient (Wildman–Crippen LogP) is 4.29. The molecule has 1 aliphatic carbocycles. The highest BCUT2D eigenvalue weighted by Crippen LogP contribution is 2.48. The van der Waals surface area contributed by atoms with Crippen LogP contribution in [0.3, 0.4) is 0 Å². The molecule has 0 spiro atoms. The summed E-state index contributed by atoms with van der Waals surface area (Å²) in [5.74, 6) is -1.06. The summed E-state index contributed by atoms with van der Waals surface area (Å²) in [6.45, 7) is -1.32. The van der Waals surface area contributed by atoms with Gasteiger partial charge in [-0.05, 0) is 67.6 Å². The van der Waals surface area contributed by atoms with E-state index in [4.69, 9.17) is 16.3 Å². The molecule has 17 heteroatoms. The number of amides is 2. The first-order valence-corrected chi connectivity index (χ1v) is 15.6. The number of halogens is 4.